The number of ether oxygens (including phenoxy) is 1. The van der Waals surface area contributed by atoms with Crippen LogP contribution in [-0.2, 0) is 9.53 Å². The molecule has 1 aromatic rings. The van der Waals surface area contributed by atoms with Crippen molar-refractivity contribution in [2.24, 2.45) is 0 Å². The standard InChI is InChI=1S/C13H15NO4/c15-12(16)7-14-13(17)10-3-1-2-9(6-10)11-4-5-18-8-11/h1-3,6,11H,4-5,7-8H2,(H,14,17)(H,15,16). The first-order chi connectivity index (χ1) is 8.66. The molecule has 1 aliphatic heterocycles. The summed E-state index contributed by atoms with van der Waals surface area (Å²) >= 11 is 0. The van der Waals surface area contributed by atoms with E-state index in [9.17, 15) is 9.59 Å². The van der Waals surface area contributed by atoms with Crippen molar-refractivity contribution in [1.29, 1.82) is 0 Å². The molecule has 2 rings (SSSR count). The third-order valence-electron chi connectivity index (χ3n) is 2.95. The van der Waals surface area contributed by atoms with Crippen LogP contribution in [0.25, 0.3) is 0 Å². The van der Waals surface area contributed by atoms with Crippen molar-refractivity contribution in [3.8, 4) is 0 Å². The molecule has 5 heteroatoms. The number of aliphatic carboxylic acids is 1. The summed E-state index contributed by atoms with van der Waals surface area (Å²) in [7, 11) is 0. The zero-order chi connectivity index (χ0) is 13.0. The SMILES string of the molecule is O=C(O)CNC(=O)c1cccc(C2CCOC2)c1. The molecule has 0 radical (unpaired) electrons. The van der Waals surface area contributed by atoms with Gasteiger partial charge < -0.3 is 15.2 Å². The third kappa shape index (κ3) is 3.07. The van der Waals surface area contributed by atoms with Gasteiger partial charge >= 0.3 is 5.97 Å². The van der Waals surface area contributed by atoms with Gasteiger partial charge in [0.15, 0.2) is 0 Å². The summed E-state index contributed by atoms with van der Waals surface area (Å²) in [5.41, 5.74) is 1.55. The normalized spacial score (nSPS) is 18.6. The number of amides is 1. The highest BCUT2D eigenvalue weighted by Gasteiger charge is 2.18. The van der Waals surface area contributed by atoms with Crippen LogP contribution >= 0.6 is 0 Å². The van der Waals surface area contributed by atoms with Crippen LogP contribution in [0, 0.1) is 0 Å². The predicted octanol–water partition coefficient (Wildman–Crippen LogP) is 1.00. The zero-order valence-corrected chi connectivity index (χ0v) is 9.89. The van der Waals surface area contributed by atoms with Crippen LogP contribution in [0.3, 0.4) is 0 Å². The lowest BCUT2D eigenvalue weighted by Crippen LogP contribution is -2.29. The van der Waals surface area contributed by atoms with Crippen LogP contribution in [0.4, 0.5) is 0 Å². The van der Waals surface area contributed by atoms with Crippen molar-refractivity contribution >= 4 is 11.9 Å². The summed E-state index contributed by atoms with van der Waals surface area (Å²) in [6.07, 6.45) is 0.959. The van der Waals surface area contributed by atoms with Crippen LogP contribution < -0.4 is 5.32 Å². The number of carboxylic acids is 1. The largest absolute Gasteiger partial charge is 0.480 e. The number of hydrogen-bond acceptors (Lipinski definition) is 3. The van der Waals surface area contributed by atoms with E-state index in [1.54, 1.807) is 12.1 Å². The van der Waals surface area contributed by atoms with Crippen molar-refractivity contribution in [3.63, 3.8) is 0 Å². The van der Waals surface area contributed by atoms with Gasteiger partial charge in [-0.25, -0.2) is 0 Å². The van der Waals surface area contributed by atoms with Crippen molar-refractivity contribution < 1.29 is 19.4 Å². The minimum Gasteiger partial charge on any atom is -0.480 e. The fourth-order valence-electron chi connectivity index (χ4n) is 1.99. The fraction of sp³-hybridized carbons (Fsp3) is 0.385. The maximum Gasteiger partial charge on any atom is 0.322 e. The molecule has 0 bridgehead atoms. The van der Waals surface area contributed by atoms with Gasteiger partial charge in [-0.2, -0.15) is 0 Å². The summed E-state index contributed by atoms with van der Waals surface area (Å²) in [4.78, 5) is 22.1. The molecule has 1 unspecified atom stereocenters. The van der Waals surface area contributed by atoms with Crippen molar-refractivity contribution in [2.45, 2.75) is 12.3 Å². The molecule has 18 heavy (non-hydrogen) atoms. The minimum atomic E-state index is -1.05. The molecule has 1 aliphatic rings. The second-order valence-electron chi connectivity index (χ2n) is 4.26. The average Bonchev–Trinajstić information content (AvgIpc) is 2.90. The number of nitrogens with one attached hydrogen (secondary N) is 1. The Morgan fingerprint density at radius 3 is 2.94 bits per heavy atom. The Balaban J connectivity index is 2.06. The molecule has 5 nitrogen and oxygen atoms in total. The molecule has 0 saturated carbocycles. The number of hydrogen-bond donors (Lipinski definition) is 2. The Morgan fingerprint density at radius 2 is 2.28 bits per heavy atom. The van der Waals surface area contributed by atoms with Crippen LogP contribution in [0.5, 0.6) is 0 Å². The topological polar surface area (TPSA) is 75.6 Å². The molecule has 1 amide bonds. The predicted molar refractivity (Wildman–Crippen MR) is 64.6 cm³/mol. The van der Waals surface area contributed by atoms with Gasteiger partial charge in [-0.05, 0) is 24.1 Å². The van der Waals surface area contributed by atoms with E-state index >= 15 is 0 Å². The Bertz CT molecular complexity index is 452. The molecule has 1 atom stereocenters. The highest BCUT2D eigenvalue weighted by molar-refractivity contribution is 5.95. The van der Waals surface area contributed by atoms with E-state index in [2.05, 4.69) is 5.32 Å². The van der Waals surface area contributed by atoms with Crippen LogP contribution in [0.1, 0.15) is 28.3 Å². The van der Waals surface area contributed by atoms with Gasteiger partial charge in [0.1, 0.15) is 6.54 Å². The Labute approximate surface area is 105 Å². The second kappa shape index (κ2) is 5.64. The van der Waals surface area contributed by atoms with Gasteiger partial charge in [-0.3, -0.25) is 9.59 Å². The molecule has 96 valence electrons. The highest BCUT2D eigenvalue weighted by atomic mass is 16.5. The van der Waals surface area contributed by atoms with Gasteiger partial charge in [-0.15, -0.1) is 0 Å². The lowest BCUT2D eigenvalue weighted by molar-refractivity contribution is -0.135. The molecule has 0 aliphatic carbocycles. The first-order valence-electron chi connectivity index (χ1n) is 5.84. The van der Waals surface area contributed by atoms with E-state index in [4.69, 9.17) is 9.84 Å². The van der Waals surface area contributed by atoms with Gasteiger partial charge in [0.25, 0.3) is 5.91 Å². The first-order valence-corrected chi connectivity index (χ1v) is 5.84. The summed E-state index contributed by atoms with van der Waals surface area (Å²) in [5, 5.41) is 10.9. The number of carbonyl (C=O) groups is 2. The molecule has 1 saturated heterocycles. The molecule has 0 spiro atoms. The monoisotopic (exact) mass is 249 g/mol. The van der Waals surface area contributed by atoms with Crippen LogP contribution in [0.15, 0.2) is 24.3 Å². The van der Waals surface area contributed by atoms with Crippen molar-refractivity contribution in [3.05, 3.63) is 35.4 Å². The van der Waals surface area contributed by atoms with Gasteiger partial charge in [-0.1, -0.05) is 12.1 Å². The maximum absolute atomic E-state index is 11.7. The van der Waals surface area contributed by atoms with Gasteiger partial charge in [0, 0.05) is 18.1 Å². The second-order valence-corrected chi connectivity index (χ2v) is 4.26. The number of benzene rings is 1. The summed E-state index contributed by atoms with van der Waals surface area (Å²) in [6, 6.07) is 7.25. The van der Waals surface area contributed by atoms with E-state index < -0.39 is 5.97 Å². The van der Waals surface area contributed by atoms with E-state index in [1.165, 1.54) is 0 Å². The van der Waals surface area contributed by atoms with Crippen molar-refractivity contribution in [1.82, 2.24) is 5.32 Å². The third-order valence-corrected chi connectivity index (χ3v) is 2.95. The van der Waals surface area contributed by atoms with Crippen LogP contribution in [-0.4, -0.2) is 36.7 Å². The minimum absolute atomic E-state index is 0.331. The fourth-order valence-corrected chi connectivity index (χ4v) is 1.99. The molecular weight excluding hydrogens is 234 g/mol. The average molecular weight is 249 g/mol. The number of carbonyl (C=O) groups excluding carboxylic acids is 1. The Kier molecular flexibility index (Phi) is 3.94. The molecule has 1 heterocycles. The molecular formula is C13H15NO4. The lowest BCUT2D eigenvalue weighted by Gasteiger charge is -2.09. The number of carboxylic acid groups (broad SMARTS) is 1. The summed E-state index contributed by atoms with van der Waals surface area (Å²) < 4.78 is 5.31. The van der Waals surface area contributed by atoms with Crippen molar-refractivity contribution in [2.75, 3.05) is 19.8 Å². The maximum atomic E-state index is 11.7. The molecule has 0 aromatic heterocycles. The first kappa shape index (κ1) is 12.6. The Hall–Kier alpha value is -1.88. The zero-order valence-electron chi connectivity index (χ0n) is 9.89. The molecule has 1 fully saturated rings. The van der Waals surface area contributed by atoms with E-state index in [0.29, 0.717) is 18.1 Å². The summed E-state index contributed by atoms with van der Waals surface area (Å²) in [6.45, 7) is 1.07. The number of rotatable bonds is 4. The van der Waals surface area contributed by atoms with Crippen LogP contribution in [0.2, 0.25) is 0 Å². The Morgan fingerprint density at radius 1 is 1.44 bits per heavy atom. The van der Waals surface area contributed by atoms with E-state index in [1.807, 2.05) is 12.1 Å². The van der Waals surface area contributed by atoms with Gasteiger partial charge in [0.05, 0.1) is 6.61 Å². The quantitative estimate of drug-likeness (QED) is 0.834. The molecule has 1 aromatic carbocycles. The molecule has 2 N–H and O–H groups in total. The van der Waals surface area contributed by atoms with E-state index in [0.717, 1.165) is 18.6 Å². The summed E-state index contributed by atoms with van der Waals surface area (Å²) in [5.74, 6) is -1.08. The highest BCUT2D eigenvalue weighted by Crippen LogP contribution is 2.25. The van der Waals surface area contributed by atoms with E-state index in [-0.39, 0.29) is 12.5 Å². The lowest BCUT2D eigenvalue weighted by atomic mass is 9.96. The smallest absolute Gasteiger partial charge is 0.322 e. The van der Waals surface area contributed by atoms with Gasteiger partial charge in [0.2, 0.25) is 0 Å².